The number of carbonyl (C=O) groups excluding carboxylic acids is 1. The van der Waals surface area contributed by atoms with Crippen LogP contribution in [-0.4, -0.2) is 18.5 Å². The zero-order chi connectivity index (χ0) is 11.4. The van der Waals surface area contributed by atoms with Crippen LogP contribution in [-0.2, 0) is 4.79 Å². The maximum Gasteiger partial charge on any atom is 0.241 e. The molecule has 2 rings (SSSR count). The third-order valence-corrected chi connectivity index (χ3v) is 2.72. The highest BCUT2D eigenvalue weighted by molar-refractivity contribution is 5.94. The molecule has 1 fully saturated rings. The molecule has 0 unspecified atom stereocenters. The highest BCUT2D eigenvalue weighted by atomic mass is 19.1. The molecule has 86 valence electrons. The van der Waals surface area contributed by atoms with Crippen molar-refractivity contribution in [2.24, 2.45) is 0 Å². The van der Waals surface area contributed by atoms with Gasteiger partial charge in [-0.2, -0.15) is 0 Å². The normalized spacial score (nSPS) is 20.4. The van der Waals surface area contributed by atoms with Crippen molar-refractivity contribution < 1.29 is 9.18 Å². The van der Waals surface area contributed by atoms with Gasteiger partial charge in [0, 0.05) is 5.69 Å². The molecule has 1 amide bonds. The Kier molecular flexibility index (Phi) is 3.51. The van der Waals surface area contributed by atoms with Gasteiger partial charge < -0.3 is 10.6 Å². The standard InChI is InChI=1S/C12H15FN2O/c13-9-4-3-5-10(8-9)15-12(16)11-6-1-2-7-14-11/h3-5,8,11,14H,1-2,6-7H2,(H,15,16)/t11-/m0/s1. The molecular formula is C12H15FN2O. The fourth-order valence-corrected chi connectivity index (χ4v) is 1.87. The van der Waals surface area contributed by atoms with Crippen LogP contribution in [0, 0.1) is 5.82 Å². The van der Waals surface area contributed by atoms with Gasteiger partial charge in [0.05, 0.1) is 6.04 Å². The first-order chi connectivity index (χ1) is 7.75. The Bertz CT molecular complexity index is 375. The molecule has 1 saturated heterocycles. The molecule has 1 atom stereocenters. The summed E-state index contributed by atoms with van der Waals surface area (Å²) >= 11 is 0. The van der Waals surface area contributed by atoms with Crippen molar-refractivity contribution in [3.63, 3.8) is 0 Å². The summed E-state index contributed by atoms with van der Waals surface area (Å²) in [6.07, 6.45) is 3.03. The number of hydrogen-bond acceptors (Lipinski definition) is 2. The molecule has 1 heterocycles. The molecule has 1 aromatic carbocycles. The van der Waals surface area contributed by atoms with E-state index in [-0.39, 0.29) is 17.8 Å². The molecule has 16 heavy (non-hydrogen) atoms. The minimum absolute atomic E-state index is 0.0784. The predicted molar refractivity (Wildman–Crippen MR) is 60.7 cm³/mol. The SMILES string of the molecule is O=C(Nc1cccc(F)c1)[C@@H]1CCCCN1. The molecule has 0 bridgehead atoms. The van der Waals surface area contributed by atoms with E-state index in [1.165, 1.54) is 12.1 Å². The van der Waals surface area contributed by atoms with Gasteiger partial charge in [0.15, 0.2) is 0 Å². The second-order valence-electron chi connectivity index (χ2n) is 4.00. The fraction of sp³-hybridized carbons (Fsp3) is 0.417. The van der Waals surface area contributed by atoms with Crippen molar-refractivity contribution >= 4 is 11.6 Å². The largest absolute Gasteiger partial charge is 0.325 e. The van der Waals surface area contributed by atoms with Crippen LogP contribution >= 0.6 is 0 Å². The van der Waals surface area contributed by atoms with Crippen LogP contribution < -0.4 is 10.6 Å². The van der Waals surface area contributed by atoms with Gasteiger partial charge in [-0.1, -0.05) is 12.5 Å². The van der Waals surface area contributed by atoms with E-state index in [0.29, 0.717) is 5.69 Å². The summed E-state index contributed by atoms with van der Waals surface area (Å²) < 4.78 is 12.9. The monoisotopic (exact) mass is 222 g/mol. The number of benzene rings is 1. The number of halogens is 1. The van der Waals surface area contributed by atoms with Crippen LogP contribution in [0.3, 0.4) is 0 Å². The Morgan fingerprint density at radius 3 is 3.00 bits per heavy atom. The Morgan fingerprint density at radius 1 is 1.44 bits per heavy atom. The third-order valence-electron chi connectivity index (χ3n) is 2.72. The van der Waals surface area contributed by atoms with Gasteiger partial charge in [0.25, 0.3) is 0 Å². The average molecular weight is 222 g/mol. The topological polar surface area (TPSA) is 41.1 Å². The highest BCUT2D eigenvalue weighted by Gasteiger charge is 2.20. The molecule has 0 aromatic heterocycles. The van der Waals surface area contributed by atoms with E-state index in [0.717, 1.165) is 25.8 Å². The van der Waals surface area contributed by atoms with Gasteiger partial charge in [-0.25, -0.2) is 4.39 Å². The zero-order valence-electron chi connectivity index (χ0n) is 9.00. The molecule has 0 aliphatic carbocycles. The van der Waals surface area contributed by atoms with Gasteiger partial charge in [-0.3, -0.25) is 4.79 Å². The van der Waals surface area contributed by atoms with Crippen LogP contribution in [0.1, 0.15) is 19.3 Å². The summed E-state index contributed by atoms with van der Waals surface area (Å²) in [6, 6.07) is 5.80. The second-order valence-corrected chi connectivity index (χ2v) is 4.00. The lowest BCUT2D eigenvalue weighted by atomic mass is 10.0. The van der Waals surface area contributed by atoms with Crippen molar-refractivity contribution in [2.45, 2.75) is 25.3 Å². The van der Waals surface area contributed by atoms with Crippen molar-refractivity contribution in [2.75, 3.05) is 11.9 Å². The number of carbonyl (C=O) groups is 1. The van der Waals surface area contributed by atoms with Crippen molar-refractivity contribution in [1.82, 2.24) is 5.32 Å². The molecule has 3 nitrogen and oxygen atoms in total. The molecule has 0 radical (unpaired) electrons. The number of amides is 1. The van der Waals surface area contributed by atoms with E-state index in [1.807, 2.05) is 0 Å². The van der Waals surface area contributed by atoms with Crippen LogP contribution in [0.2, 0.25) is 0 Å². The first-order valence-electron chi connectivity index (χ1n) is 5.55. The minimum atomic E-state index is -0.339. The minimum Gasteiger partial charge on any atom is -0.325 e. The average Bonchev–Trinajstić information content (AvgIpc) is 2.30. The highest BCUT2D eigenvalue weighted by Crippen LogP contribution is 2.12. The van der Waals surface area contributed by atoms with Crippen LogP contribution in [0.15, 0.2) is 24.3 Å². The van der Waals surface area contributed by atoms with E-state index >= 15 is 0 Å². The van der Waals surface area contributed by atoms with Crippen molar-refractivity contribution in [1.29, 1.82) is 0 Å². The van der Waals surface area contributed by atoms with E-state index < -0.39 is 0 Å². The second kappa shape index (κ2) is 5.07. The quantitative estimate of drug-likeness (QED) is 0.802. The zero-order valence-corrected chi connectivity index (χ0v) is 9.00. The van der Waals surface area contributed by atoms with Crippen LogP contribution in [0.25, 0.3) is 0 Å². The fourth-order valence-electron chi connectivity index (χ4n) is 1.87. The van der Waals surface area contributed by atoms with Gasteiger partial charge >= 0.3 is 0 Å². The van der Waals surface area contributed by atoms with Gasteiger partial charge in [-0.15, -0.1) is 0 Å². The molecule has 0 spiro atoms. The maximum atomic E-state index is 12.9. The van der Waals surface area contributed by atoms with Crippen molar-refractivity contribution in [3.8, 4) is 0 Å². The van der Waals surface area contributed by atoms with Crippen LogP contribution in [0.4, 0.5) is 10.1 Å². The first kappa shape index (κ1) is 11.1. The first-order valence-corrected chi connectivity index (χ1v) is 5.55. The predicted octanol–water partition coefficient (Wildman–Crippen LogP) is 1.91. The van der Waals surface area contributed by atoms with E-state index in [9.17, 15) is 9.18 Å². The molecule has 1 aromatic rings. The van der Waals surface area contributed by atoms with E-state index in [4.69, 9.17) is 0 Å². The summed E-state index contributed by atoms with van der Waals surface area (Å²) in [5, 5.41) is 5.86. The number of rotatable bonds is 2. The van der Waals surface area contributed by atoms with Gasteiger partial charge in [0.2, 0.25) is 5.91 Å². The Hall–Kier alpha value is -1.42. The molecular weight excluding hydrogens is 207 g/mol. The molecule has 1 aliphatic rings. The number of piperidine rings is 1. The number of hydrogen-bond donors (Lipinski definition) is 2. The smallest absolute Gasteiger partial charge is 0.241 e. The Labute approximate surface area is 94.0 Å². The number of nitrogens with one attached hydrogen (secondary N) is 2. The summed E-state index contributed by atoms with van der Waals surface area (Å²) in [4.78, 5) is 11.8. The lowest BCUT2D eigenvalue weighted by Crippen LogP contribution is -2.43. The van der Waals surface area contributed by atoms with Crippen LogP contribution in [0.5, 0.6) is 0 Å². The van der Waals surface area contributed by atoms with E-state index in [1.54, 1.807) is 12.1 Å². The summed E-state index contributed by atoms with van der Waals surface area (Å²) in [5.41, 5.74) is 0.511. The van der Waals surface area contributed by atoms with E-state index in [2.05, 4.69) is 10.6 Å². The molecule has 4 heteroatoms. The lowest BCUT2D eigenvalue weighted by Gasteiger charge is -2.22. The van der Waals surface area contributed by atoms with Gasteiger partial charge in [0.1, 0.15) is 5.82 Å². The Morgan fingerprint density at radius 2 is 2.31 bits per heavy atom. The maximum absolute atomic E-state index is 12.9. The Balaban J connectivity index is 1.96. The third kappa shape index (κ3) is 2.79. The molecule has 1 aliphatic heterocycles. The lowest BCUT2D eigenvalue weighted by molar-refractivity contribution is -0.118. The molecule has 0 saturated carbocycles. The molecule has 2 N–H and O–H groups in total. The van der Waals surface area contributed by atoms with Gasteiger partial charge in [-0.05, 0) is 37.6 Å². The summed E-state index contributed by atoms with van der Waals surface area (Å²) in [6.45, 7) is 0.876. The summed E-state index contributed by atoms with van der Waals surface area (Å²) in [7, 11) is 0. The summed E-state index contributed by atoms with van der Waals surface area (Å²) in [5.74, 6) is -0.417. The van der Waals surface area contributed by atoms with Crippen molar-refractivity contribution in [3.05, 3.63) is 30.1 Å². The number of anilines is 1.